The predicted molar refractivity (Wildman–Crippen MR) is 151 cm³/mol. The minimum atomic E-state index is 0.0423. The van der Waals surface area contributed by atoms with Gasteiger partial charge in [-0.15, -0.1) is 0 Å². The number of carbonyl (C=O) groups is 1. The van der Waals surface area contributed by atoms with Crippen molar-refractivity contribution in [2.24, 2.45) is 7.05 Å². The maximum Gasteiger partial charge on any atom is 0.322 e. The van der Waals surface area contributed by atoms with Crippen LogP contribution in [0.5, 0.6) is 11.8 Å². The Labute approximate surface area is 225 Å². The molecule has 194 valence electrons. The van der Waals surface area contributed by atoms with Gasteiger partial charge in [-0.2, -0.15) is 0 Å². The summed E-state index contributed by atoms with van der Waals surface area (Å²) >= 11 is 0. The molecule has 5 aromatic rings. The van der Waals surface area contributed by atoms with Gasteiger partial charge in [-0.05, 0) is 61.7 Å². The first-order valence-corrected chi connectivity index (χ1v) is 12.7. The standard InChI is InChI=1S/C30H27N7O2/c1-18-5-4-16-37(29(18)38)22-10-6-21(7-11-22)26-24(25-27(31)33-17-34-28(25)36(26)3)20-8-12-23(13-9-20)39-30-32-15-14-19(2)35-30/h5-15,17H,4,16H2,1-3H3,(H2,31,33,34). The lowest BCUT2D eigenvalue weighted by atomic mass is 9.98. The Morgan fingerprint density at radius 3 is 2.41 bits per heavy atom. The predicted octanol–water partition coefficient (Wildman–Crippen LogP) is 5.46. The molecule has 0 saturated carbocycles. The molecule has 0 fully saturated rings. The van der Waals surface area contributed by atoms with E-state index in [9.17, 15) is 4.79 Å². The van der Waals surface area contributed by atoms with E-state index in [1.807, 2.05) is 91.0 Å². The van der Waals surface area contributed by atoms with Crippen LogP contribution >= 0.6 is 0 Å². The average molecular weight is 518 g/mol. The van der Waals surface area contributed by atoms with E-state index >= 15 is 0 Å². The third-order valence-electron chi connectivity index (χ3n) is 6.96. The van der Waals surface area contributed by atoms with Crippen LogP contribution in [0.15, 0.2) is 78.8 Å². The number of nitrogen functional groups attached to an aromatic ring is 1. The van der Waals surface area contributed by atoms with E-state index in [0.29, 0.717) is 24.1 Å². The number of benzene rings is 2. The third kappa shape index (κ3) is 4.37. The molecule has 1 aliphatic heterocycles. The molecule has 2 aromatic carbocycles. The normalized spacial score (nSPS) is 13.6. The number of hydrogen-bond acceptors (Lipinski definition) is 7. The number of carbonyl (C=O) groups excluding carboxylic acids is 1. The van der Waals surface area contributed by atoms with Crippen molar-refractivity contribution in [1.82, 2.24) is 24.5 Å². The highest BCUT2D eigenvalue weighted by Crippen LogP contribution is 2.42. The monoisotopic (exact) mass is 517 g/mol. The molecule has 2 N–H and O–H groups in total. The van der Waals surface area contributed by atoms with Gasteiger partial charge in [-0.1, -0.05) is 30.3 Å². The highest BCUT2D eigenvalue weighted by atomic mass is 16.5. The first kappa shape index (κ1) is 24.3. The van der Waals surface area contributed by atoms with E-state index in [1.54, 1.807) is 6.20 Å². The van der Waals surface area contributed by atoms with Crippen LogP contribution in [0.3, 0.4) is 0 Å². The van der Waals surface area contributed by atoms with Crippen LogP contribution in [0.25, 0.3) is 33.4 Å². The van der Waals surface area contributed by atoms with Crippen molar-refractivity contribution in [3.05, 3.63) is 84.5 Å². The smallest absolute Gasteiger partial charge is 0.322 e. The summed E-state index contributed by atoms with van der Waals surface area (Å²) < 4.78 is 7.88. The third-order valence-corrected chi connectivity index (χ3v) is 6.96. The van der Waals surface area contributed by atoms with Gasteiger partial charge in [0.25, 0.3) is 5.91 Å². The molecular formula is C30H27N7O2. The van der Waals surface area contributed by atoms with Gasteiger partial charge in [0.05, 0.1) is 11.1 Å². The lowest BCUT2D eigenvalue weighted by molar-refractivity contribution is -0.115. The minimum absolute atomic E-state index is 0.0423. The topological polar surface area (TPSA) is 112 Å². The Morgan fingerprint density at radius 1 is 0.923 bits per heavy atom. The number of ether oxygens (including phenoxy) is 1. The lowest BCUT2D eigenvalue weighted by Gasteiger charge is -2.26. The van der Waals surface area contributed by atoms with Gasteiger partial charge in [-0.3, -0.25) is 4.79 Å². The number of rotatable bonds is 5. The SMILES string of the molecule is CC1=CCCN(c2ccc(-c3c(-c4ccc(Oc5nccc(C)n5)cc4)c4c(N)ncnc4n3C)cc2)C1=O. The number of nitrogens with zero attached hydrogens (tertiary/aromatic N) is 6. The summed E-state index contributed by atoms with van der Waals surface area (Å²) in [7, 11) is 1.97. The molecular weight excluding hydrogens is 490 g/mol. The molecule has 1 aliphatic rings. The lowest BCUT2D eigenvalue weighted by Crippen LogP contribution is -2.34. The first-order valence-electron chi connectivity index (χ1n) is 12.7. The molecule has 4 heterocycles. The second-order valence-corrected chi connectivity index (χ2v) is 9.53. The fourth-order valence-corrected chi connectivity index (χ4v) is 5.02. The number of nitrogens with two attached hydrogens (primary N) is 1. The maximum absolute atomic E-state index is 12.7. The van der Waals surface area contributed by atoms with Crippen LogP contribution in [0.2, 0.25) is 0 Å². The Morgan fingerprint density at radius 2 is 1.67 bits per heavy atom. The van der Waals surface area contributed by atoms with Crippen molar-refractivity contribution in [2.75, 3.05) is 17.2 Å². The summed E-state index contributed by atoms with van der Waals surface area (Å²) in [6.07, 6.45) is 5.98. The quantitative estimate of drug-likeness (QED) is 0.329. The van der Waals surface area contributed by atoms with Gasteiger partial charge >= 0.3 is 6.01 Å². The first-order chi connectivity index (χ1) is 18.9. The van der Waals surface area contributed by atoms with Crippen LogP contribution < -0.4 is 15.4 Å². The Hall–Kier alpha value is -5.05. The summed E-state index contributed by atoms with van der Waals surface area (Å²) in [6.45, 7) is 4.42. The van der Waals surface area contributed by atoms with E-state index in [4.69, 9.17) is 10.5 Å². The summed E-state index contributed by atoms with van der Waals surface area (Å²) in [5.74, 6) is 1.07. The van der Waals surface area contributed by atoms with Crippen molar-refractivity contribution >= 4 is 28.4 Å². The molecule has 0 saturated heterocycles. The van der Waals surface area contributed by atoms with Gasteiger partial charge in [0.15, 0.2) is 0 Å². The molecule has 9 nitrogen and oxygen atoms in total. The fraction of sp³-hybridized carbons (Fsp3) is 0.167. The number of aryl methyl sites for hydroxylation is 2. The highest BCUT2D eigenvalue weighted by Gasteiger charge is 2.24. The zero-order chi connectivity index (χ0) is 27.1. The van der Waals surface area contributed by atoms with Crippen molar-refractivity contribution in [2.45, 2.75) is 20.3 Å². The van der Waals surface area contributed by atoms with Crippen molar-refractivity contribution in [3.8, 4) is 34.1 Å². The molecule has 6 rings (SSSR count). The minimum Gasteiger partial charge on any atom is -0.424 e. The summed E-state index contributed by atoms with van der Waals surface area (Å²) in [5, 5.41) is 0.779. The zero-order valence-corrected chi connectivity index (χ0v) is 21.9. The Bertz CT molecular complexity index is 1740. The van der Waals surface area contributed by atoms with Gasteiger partial charge < -0.3 is 19.9 Å². The molecule has 0 aliphatic carbocycles. The molecule has 0 atom stereocenters. The Balaban J connectivity index is 1.42. The van der Waals surface area contributed by atoms with Gasteiger partial charge in [0.1, 0.15) is 23.5 Å². The van der Waals surface area contributed by atoms with E-state index in [0.717, 1.165) is 56.8 Å². The number of anilines is 2. The Kier molecular flexibility index (Phi) is 6.03. The van der Waals surface area contributed by atoms with Crippen LogP contribution in [0.4, 0.5) is 11.5 Å². The maximum atomic E-state index is 12.7. The number of hydrogen-bond donors (Lipinski definition) is 1. The summed E-state index contributed by atoms with van der Waals surface area (Å²) in [5.41, 5.74) is 13.4. The van der Waals surface area contributed by atoms with E-state index in [2.05, 4.69) is 19.9 Å². The second-order valence-electron chi connectivity index (χ2n) is 9.53. The van der Waals surface area contributed by atoms with Crippen LogP contribution in [-0.2, 0) is 11.8 Å². The highest BCUT2D eigenvalue weighted by molar-refractivity contribution is 6.08. The molecule has 3 aromatic heterocycles. The van der Waals surface area contributed by atoms with E-state index < -0.39 is 0 Å². The van der Waals surface area contributed by atoms with Crippen molar-refractivity contribution < 1.29 is 9.53 Å². The van der Waals surface area contributed by atoms with Crippen LogP contribution in [-0.4, -0.2) is 37.0 Å². The molecule has 0 radical (unpaired) electrons. The van der Waals surface area contributed by atoms with E-state index in [-0.39, 0.29) is 5.91 Å². The number of aromatic nitrogens is 5. The molecule has 39 heavy (non-hydrogen) atoms. The van der Waals surface area contributed by atoms with Crippen LogP contribution in [0.1, 0.15) is 19.0 Å². The second kappa shape index (κ2) is 9.68. The zero-order valence-electron chi connectivity index (χ0n) is 21.9. The number of fused-ring (bicyclic) bond motifs is 1. The molecule has 1 amide bonds. The van der Waals surface area contributed by atoms with Crippen LogP contribution in [0, 0.1) is 6.92 Å². The molecule has 0 unspecified atom stereocenters. The van der Waals surface area contributed by atoms with Gasteiger partial charge in [0.2, 0.25) is 0 Å². The molecule has 0 bridgehead atoms. The molecule has 9 heteroatoms. The van der Waals surface area contributed by atoms with Gasteiger partial charge in [0, 0.05) is 42.3 Å². The van der Waals surface area contributed by atoms with Crippen molar-refractivity contribution in [1.29, 1.82) is 0 Å². The molecule has 0 spiro atoms. The summed E-state index contributed by atoms with van der Waals surface area (Å²) in [4.78, 5) is 31.8. The number of amides is 1. The van der Waals surface area contributed by atoms with E-state index in [1.165, 1.54) is 6.33 Å². The average Bonchev–Trinajstić information content (AvgIpc) is 3.24. The van der Waals surface area contributed by atoms with Gasteiger partial charge in [-0.25, -0.2) is 19.9 Å². The van der Waals surface area contributed by atoms with Crippen molar-refractivity contribution in [3.63, 3.8) is 0 Å². The largest absolute Gasteiger partial charge is 0.424 e. The fourth-order valence-electron chi connectivity index (χ4n) is 5.02. The summed E-state index contributed by atoms with van der Waals surface area (Å²) in [6, 6.07) is 17.9.